The van der Waals surface area contributed by atoms with Crippen molar-refractivity contribution in [3.8, 4) is 0 Å². The third-order valence-electron chi connectivity index (χ3n) is 6.06. The summed E-state index contributed by atoms with van der Waals surface area (Å²) in [5, 5.41) is 4.96. The van der Waals surface area contributed by atoms with E-state index in [9.17, 15) is 4.79 Å². The van der Waals surface area contributed by atoms with Crippen molar-refractivity contribution in [2.45, 2.75) is 11.6 Å². The number of pyridine rings is 1. The first-order valence-corrected chi connectivity index (χ1v) is 12.6. The molecule has 2 heterocycles. The number of nitrogens with zero attached hydrogens (tertiary/aromatic N) is 3. The van der Waals surface area contributed by atoms with Crippen LogP contribution in [0.25, 0.3) is 10.9 Å². The first kappa shape index (κ1) is 22.4. The van der Waals surface area contributed by atoms with Gasteiger partial charge in [-0.05, 0) is 42.0 Å². The van der Waals surface area contributed by atoms with Gasteiger partial charge in [0.2, 0.25) is 5.91 Å². The van der Waals surface area contributed by atoms with Crippen molar-refractivity contribution >= 4 is 39.9 Å². The molecule has 1 amide bonds. The van der Waals surface area contributed by atoms with Crippen LogP contribution in [0.5, 0.6) is 0 Å². The smallest absolute Gasteiger partial charge is 0.234 e. The second-order valence-corrected chi connectivity index (χ2v) is 9.47. The van der Waals surface area contributed by atoms with Crippen molar-refractivity contribution in [1.29, 1.82) is 0 Å². The summed E-state index contributed by atoms with van der Waals surface area (Å²) in [5.74, 6) is 0.304. The minimum Gasteiger partial charge on any atom is -0.369 e. The lowest BCUT2D eigenvalue weighted by molar-refractivity contribution is -0.113. The Kier molecular flexibility index (Phi) is 7.08. The minimum absolute atomic E-state index is 0.0257. The minimum atomic E-state index is -0.0257. The van der Waals surface area contributed by atoms with E-state index in [4.69, 9.17) is 0 Å². The number of para-hydroxylation sites is 1. The van der Waals surface area contributed by atoms with Gasteiger partial charge in [-0.3, -0.25) is 9.69 Å². The number of aromatic nitrogens is 1. The second kappa shape index (κ2) is 10.7. The van der Waals surface area contributed by atoms with Gasteiger partial charge in [0.25, 0.3) is 0 Å². The molecule has 6 heteroatoms. The van der Waals surface area contributed by atoms with E-state index in [1.807, 2.05) is 48.5 Å². The van der Waals surface area contributed by atoms with E-state index in [2.05, 4.69) is 62.6 Å². The summed E-state index contributed by atoms with van der Waals surface area (Å²) in [6.07, 6.45) is 0. The van der Waals surface area contributed by atoms with Crippen molar-refractivity contribution in [2.24, 2.45) is 0 Å². The number of piperazine rings is 1. The van der Waals surface area contributed by atoms with E-state index in [-0.39, 0.29) is 5.91 Å². The fourth-order valence-electron chi connectivity index (χ4n) is 4.23. The second-order valence-electron chi connectivity index (χ2n) is 8.47. The zero-order valence-electron chi connectivity index (χ0n) is 19.1. The fourth-order valence-corrected chi connectivity index (χ4v) is 4.90. The zero-order chi connectivity index (χ0) is 23.2. The van der Waals surface area contributed by atoms with E-state index in [0.717, 1.165) is 54.3 Å². The molecule has 0 atom stereocenters. The van der Waals surface area contributed by atoms with Gasteiger partial charge in [-0.25, -0.2) is 4.98 Å². The van der Waals surface area contributed by atoms with Crippen molar-refractivity contribution < 1.29 is 4.79 Å². The molecule has 1 aliphatic rings. The summed E-state index contributed by atoms with van der Waals surface area (Å²) in [7, 11) is 0. The van der Waals surface area contributed by atoms with Gasteiger partial charge in [-0.2, -0.15) is 0 Å². The van der Waals surface area contributed by atoms with Crippen molar-refractivity contribution in [3.63, 3.8) is 0 Å². The maximum absolute atomic E-state index is 12.4. The van der Waals surface area contributed by atoms with Gasteiger partial charge in [-0.1, -0.05) is 66.4 Å². The third-order valence-corrected chi connectivity index (χ3v) is 6.99. The summed E-state index contributed by atoms with van der Waals surface area (Å²) >= 11 is 1.45. The monoisotopic (exact) mass is 468 g/mol. The Morgan fingerprint density at radius 3 is 2.35 bits per heavy atom. The van der Waals surface area contributed by atoms with E-state index in [1.54, 1.807) is 0 Å². The molecule has 0 saturated carbocycles. The van der Waals surface area contributed by atoms with Gasteiger partial charge in [0.05, 0.1) is 16.3 Å². The lowest BCUT2D eigenvalue weighted by Gasteiger charge is -2.36. The van der Waals surface area contributed by atoms with E-state index >= 15 is 0 Å². The highest BCUT2D eigenvalue weighted by Crippen LogP contribution is 2.22. The quantitative estimate of drug-likeness (QED) is 0.374. The number of carbonyl (C=O) groups is 1. The number of hydrogen-bond acceptors (Lipinski definition) is 5. The fraction of sp³-hybridized carbons (Fsp3) is 0.214. The van der Waals surface area contributed by atoms with Gasteiger partial charge < -0.3 is 10.2 Å². The Balaban J connectivity index is 1.09. The molecule has 5 nitrogen and oxygen atoms in total. The molecule has 0 unspecified atom stereocenters. The van der Waals surface area contributed by atoms with Crippen molar-refractivity contribution in [3.05, 3.63) is 96.6 Å². The summed E-state index contributed by atoms with van der Waals surface area (Å²) in [5.41, 5.74) is 4.34. The van der Waals surface area contributed by atoms with Crippen LogP contribution in [0.2, 0.25) is 0 Å². The van der Waals surface area contributed by atoms with Crippen LogP contribution in [-0.2, 0) is 11.3 Å². The highest BCUT2D eigenvalue weighted by Gasteiger charge is 2.17. The number of anilines is 2. The molecule has 1 saturated heterocycles. The summed E-state index contributed by atoms with van der Waals surface area (Å²) < 4.78 is 0. The molecule has 172 valence electrons. The maximum atomic E-state index is 12.4. The van der Waals surface area contributed by atoms with Crippen LogP contribution < -0.4 is 10.2 Å². The first-order chi connectivity index (χ1) is 16.7. The predicted molar refractivity (Wildman–Crippen MR) is 141 cm³/mol. The summed E-state index contributed by atoms with van der Waals surface area (Å²) in [6, 6.07) is 30.8. The number of fused-ring (bicyclic) bond motifs is 1. The average molecular weight is 469 g/mol. The lowest BCUT2D eigenvalue weighted by atomic mass is 10.2. The highest BCUT2D eigenvalue weighted by atomic mass is 32.2. The molecule has 34 heavy (non-hydrogen) atoms. The van der Waals surface area contributed by atoms with Gasteiger partial charge in [-0.15, -0.1) is 0 Å². The van der Waals surface area contributed by atoms with Crippen molar-refractivity contribution in [1.82, 2.24) is 9.88 Å². The van der Waals surface area contributed by atoms with Crippen LogP contribution in [0.15, 0.2) is 96.0 Å². The number of nitrogens with one attached hydrogen (secondary N) is 1. The SMILES string of the molecule is O=C(CSc1ccc2ccccc2n1)Nc1ccc(N2CCN(Cc3ccccc3)CC2)cc1. The highest BCUT2D eigenvalue weighted by molar-refractivity contribution is 7.99. The van der Waals surface area contributed by atoms with Crippen LogP contribution in [0.3, 0.4) is 0 Å². The summed E-state index contributed by atoms with van der Waals surface area (Å²) in [6.45, 7) is 5.12. The first-order valence-electron chi connectivity index (χ1n) is 11.6. The molecule has 3 aromatic carbocycles. The molecule has 1 fully saturated rings. The average Bonchev–Trinajstić information content (AvgIpc) is 2.89. The normalized spacial score (nSPS) is 14.3. The Bertz CT molecular complexity index is 1240. The molecule has 5 rings (SSSR count). The topological polar surface area (TPSA) is 48.5 Å². The van der Waals surface area contributed by atoms with Crippen LogP contribution in [-0.4, -0.2) is 47.7 Å². The number of carbonyl (C=O) groups excluding carboxylic acids is 1. The van der Waals surface area contributed by atoms with Gasteiger partial charge in [0.15, 0.2) is 0 Å². The molecule has 0 bridgehead atoms. The molecule has 1 aromatic heterocycles. The number of benzene rings is 3. The molecule has 1 aliphatic heterocycles. The van der Waals surface area contributed by atoms with E-state index in [0.29, 0.717) is 5.75 Å². The number of hydrogen-bond donors (Lipinski definition) is 1. The Hall–Kier alpha value is -3.35. The predicted octanol–water partition coefficient (Wildman–Crippen LogP) is 5.29. The Morgan fingerprint density at radius 2 is 1.56 bits per heavy atom. The van der Waals surface area contributed by atoms with Gasteiger partial charge in [0, 0.05) is 49.5 Å². The van der Waals surface area contributed by atoms with Crippen LogP contribution in [0.4, 0.5) is 11.4 Å². The Labute approximate surface area is 204 Å². The molecule has 1 N–H and O–H groups in total. The van der Waals surface area contributed by atoms with E-state index < -0.39 is 0 Å². The molecule has 0 spiro atoms. The summed E-state index contributed by atoms with van der Waals surface area (Å²) in [4.78, 5) is 22.0. The zero-order valence-corrected chi connectivity index (χ0v) is 19.9. The maximum Gasteiger partial charge on any atom is 0.234 e. The molecule has 4 aromatic rings. The van der Waals surface area contributed by atoms with Crippen LogP contribution >= 0.6 is 11.8 Å². The largest absolute Gasteiger partial charge is 0.369 e. The van der Waals surface area contributed by atoms with Gasteiger partial charge >= 0.3 is 0 Å². The standard InChI is InChI=1S/C28H28N4OS/c33-27(21-34-28-15-10-23-8-4-5-9-26(23)30-28)29-24-11-13-25(14-12-24)32-18-16-31(17-19-32)20-22-6-2-1-3-7-22/h1-15H,16-21H2,(H,29,33). The Morgan fingerprint density at radius 1 is 0.824 bits per heavy atom. The molecule has 0 radical (unpaired) electrons. The molecule has 0 aliphatic carbocycles. The van der Waals surface area contributed by atoms with Crippen LogP contribution in [0, 0.1) is 0 Å². The third kappa shape index (κ3) is 5.76. The number of thioether (sulfide) groups is 1. The van der Waals surface area contributed by atoms with Gasteiger partial charge in [0.1, 0.15) is 0 Å². The van der Waals surface area contributed by atoms with Crippen LogP contribution in [0.1, 0.15) is 5.56 Å². The lowest BCUT2D eigenvalue weighted by Crippen LogP contribution is -2.45. The van der Waals surface area contributed by atoms with E-state index in [1.165, 1.54) is 23.0 Å². The molecular weight excluding hydrogens is 440 g/mol. The molecular formula is C28H28N4OS. The number of amides is 1. The number of rotatable bonds is 7. The van der Waals surface area contributed by atoms with Crippen molar-refractivity contribution in [2.75, 3.05) is 42.1 Å².